The predicted octanol–water partition coefficient (Wildman–Crippen LogP) is 3.34. The van der Waals surface area contributed by atoms with Crippen LogP contribution in [-0.4, -0.2) is 41.6 Å². The van der Waals surface area contributed by atoms with Crippen LogP contribution in [0.4, 0.5) is 0 Å². The minimum atomic E-state index is -0.0264. The standard InChI is InChI=1S/C18H26N2O2S/c1-6-20(11-13(2)3)18(22)15-9-7-8-10-16(15)23-12-17(21)19-14(4)5/h7-10,14H,2,6,11-12H2,1,3-5H3,(H,19,21). The number of hydrogen-bond acceptors (Lipinski definition) is 3. The van der Waals surface area contributed by atoms with E-state index in [0.29, 0.717) is 24.4 Å². The van der Waals surface area contributed by atoms with Gasteiger partial charge in [-0.15, -0.1) is 11.8 Å². The van der Waals surface area contributed by atoms with Gasteiger partial charge in [0.15, 0.2) is 0 Å². The summed E-state index contributed by atoms with van der Waals surface area (Å²) in [7, 11) is 0. The summed E-state index contributed by atoms with van der Waals surface area (Å²) in [6.45, 7) is 12.8. The second-order valence-electron chi connectivity index (χ2n) is 5.78. The minimum absolute atomic E-state index is 0.0251. The second-order valence-corrected chi connectivity index (χ2v) is 6.80. The third-order valence-electron chi connectivity index (χ3n) is 3.06. The molecular formula is C18H26N2O2S. The van der Waals surface area contributed by atoms with Crippen molar-refractivity contribution in [2.45, 2.75) is 38.6 Å². The van der Waals surface area contributed by atoms with Crippen molar-refractivity contribution in [3.63, 3.8) is 0 Å². The van der Waals surface area contributed by atoms with Crippen LogP contribution in [0, 0.1) is 0 Å². The third-order valence-corrected chi connectivity index (χ3v) is 4.13. The molecular weight excluding hydrogens is 308 g/mol. The summed E-state index contributed by atoms with van der Waals surface area (Å²) < 4.78 is 0. The van der Waals surface area contributed by atoms with Gasteiger partial charge in [-0.3, -0.25) is 9.59 Å². The van der Waals surface area contributed by atoms with E-state index in [-0.39, 0.29) is 17.9 Å². The lowest BCUT2D eigenvalue weighted by Gasteiger charge is -2.22. The number of rotatable bonds is 8. The zero-order chi connectivity index (χ0) is 17.4. The molecule has 0 radical (unpaired) electrons. The second kappa shape index (κ2) is 9.40. The Kier molecular flexibility index (Phi) is 7.89. The molecule has 0 aliphatic heterocycles. The smallest absolute Gasteiger partial charge is 0.255 e. The average molecular weight is 334 g/mol. The molecule has 0 unspecified atom stereocenters. The zero-order valence-electron chi connectivity index (χ0n) is 14.4. The lowest BCUT2D eigenvalue weighted by molar-refractivity contribution is -0.119. The maximum Gasteiger partial charge on any atom is 0.255 e. The van der Waals surface area contributed by atoms with E-state index < -0.39 is 0 Å². The van der Waals surface area contributed by atoms with Crippen LogP contribution in [0.25, 0.3) is 0 Å². The highest BCUT2D eigenvalue weighted by Gasteiger charge is 2.18. The van der Waals surface area contributed by atoms with Gasteiger partial charge >= 0.3 is 0 Å². The SMILES string of the molecule is C=C(C)CN(CC)C(=O)c1ccccc1SCC(=O)NC(C)C. The van der Waals surface area contributed by atoms with Gasteiger partial charge in [-0.05, 0) is 39.8 Å². The number of thioether (sulfide) groups is 1. The van der Waals surface area contributed by atoms with Gasteiger partial charge < -0.3 is 10.2 Å². The van der Waals surface area contributed by atoms with E-state index in [2.05, 4.69) is 11.9 Å². The lowest BCUT2D eigenvalue weighted by atomic mass is 10.2. The Hall–Kier alpha value is -1.75. The topological polar surface area (TPSA) is 49.4 Å². The molecule has 4 nitrogen and oxygen atoms in total. The van der Waals surface area contributed by atoms with E-state index in [0.717, 1.165) is 10.5 Å². The first-order valence-electron chi connectivity index (χ1n) is 7.80. The molecule has 23 heavy (non-hydrogen) atoms. The maximum atomic E-state index is 12.7. The molecule has 0 fully saturated rings. The van der Waals surface area contributed by atoms with Crippen molar-refractivity contribution < 1.29 is 9.59 Å². The molecule has 0 saturated heterocycles. The maximum absolute atomic E-state index is 12.7. The number of nitrogens with zero attached hydrogens (tertiary/aromatic N) is 1. The van der Waals surface area contributed by atoms with Gasteiger partial charge in [0.2, 0.25) is 5.91 Å². The van der Waals surface area contributed by atoms with Gasteiger partial charge in [0.1, 0.15) is 0 Å². The third kappa shape index (κ3) is 6.48. The first-order valence-corrected chi connectivity index (χ1v) is 8.78. The average Bonchev–Trinajstić information content (AvgIpc) is 2.49. The Morgan fingerprint density at radius 1 is 1.30 bits per heavy atom. The molecule has 5 heteroatoms. The van der Waals surface area contributed by atoms with Crippen molar-refractivity contribution >= 4 is 23.6 Å². The molecule has 0 aliphatic rings. The van der Waals surface area contributed by atoms with Gasteiger partial charge in [-0.1, -0.05) is 24.3 Å². The van der Waals surface area contributed by atoms with Crippen molar-refractivity contribution in [1.82, 2.24) is 10.2 Å². The predicted molar refractivity (Wildman–Crippen MR) is 96.8 cm³/mol. The summed E-state index contributed by atoms with van der Waals surface area (Å²) in [6, 6.07) is 7.54. The van der Waals surface area contributed by atoms with Crippen LogP contribution in [0.5, 0.6) is 0 Å². The number of carbonyl (C=O) groups is 2. The van der Waals surface area contributed by atoms with Gasteiger partial charge in [0, 0.05) is 24.0 Å². The molecule has 0 heterocycles. The number of nitrogens with one attached hydrogen (secondary N) is 1. The van der Waals surface area contributed by atoms with Crippen molar-refractivity contribution in [1.29, 1.82) is 0 Å². The molecule has 1 aromatic rings. The van der Waals surface area contributed by atoms with Crippen LogP contribution in [0.15, 0.2) is 41.3 Å². The zero-order valence-corrected chi connectivity index (χ0v) is 15.2. The quantitative estimate of drug-likeness (QED) is 0.586. The number of benzene rings is 1. The molecule has 0 saturated carbocycles. The number of likely N-dealkylation sites (N-methyl/N-ethyl adjacent to an activating group) is 1. The minimum Gasteiger partial charge on any atom is -0.353 e. The highest BCUT2D eigenvalue weighted by molar-refractivity contribution is 8.00. The fraction of sp³-hybridized carbons (Fsp3) is 0.444. The molecule has 1 N–H and O–H groups in total. The monoisotopic (exact) mass is 334 g/mol. The fourth-order valence-electron chi connectivity index (χ4n) is 2.10. The molecule has 126 valence electrons. The Balaban J connectivity index is 2.85. The Labute approximate surface area is 143 Å². The number of amides is 2. The molecule has 1 rings (SSSR count). The first-order chi connectivity index (χ1) is 10.8. The van der Waals surface area contributed by atoms with Crippen LogP contribution < -0.4 is 5.32 Å². The fourth-order valence-corrected chi connectivity index (χ4v) is 2.96. The molecule has 1 aromatic carbocycles. The number of carbonyl (C=O) groups excluding carboxylic acids is 2. The molecule has 0 atom stereocenters. The molecule has 2 amide bonds. The molecule has 0 aromatic heterocycles. The van der Waals surface area contributed by atoms with Crippen LogP contribution >= 0.6 is 11.8 Å². The summed E-state index contributed by atoms with van der Waals surface area (Å²) in [5.41, 5.74) is 1.58. The van der Waals surface area contributed by atoms with E-state index in [4.69, 9.17) is 0 Å². The van der Waals surface area contributed by atoms with Crippen molar-refractivity contribution in [2.24, 2.45) is 0 Å². The van der Waals surface area contributed by atoms with Gasteiger partial charge in [0.25, 0.3) is 5.91 Å². The molecule has 0 aliphatic carbocycles. The Bertz CT molecular complexity index is 570. The van der Waals surface area contributed by atoms with E-state index >= 15 is 0 Å². The van der Waals surface area contributed by atoms with E-state index in [1.165, 1.54) is 11.8 Å². The van der Waals surface area contributed by atoms with Gasteiger partial charge in [-0.2, -0.15) is 0 Å². The Morgan fingerprint density at radius 2 is 1.96 bits per heavy atom. The lowest BCUT2D eigenvalue weighted by Crippen LogP contribution is -2.33. The molecule has 0 bridgehead atoms. The largest absolute Gasteiger partial charge is 0.353 e. The van der Waals surface area contributed by atoms with Crippen LogP contribution in [0.2, 0.25) is 0 Å². The van der Waals surface area contributed by atoms with Crippen LogP contribution in [0.1, 0.15) is 38.1 Å². The summed E-state index contributed by atoms with van der Waals surface area (Å²) in [4.78, 5) is 27.1. The first kappa shape index (κ1) is 19.3. The van der Waals surface area contributed by atoms with Gasteiger partial charge in [-0.25, -0.2) is 0 Å². The van der Waals surface area contributed by atoms with Crippen molar-refractivity contribution in [3.8, 4) is 0 Å². The van der Waals surface area contributed by atoms with E-state index in [1.807, 2.05) is 52.0 Å². The van der Waals surface area contributed by atoms with Crippen molar-refractivity contribution in [3.05, 3.63) is 42.0 Å². The summed E-state index contributed by atoms with van der Waals surface area (Å²) in [5.74, 6) is 0.249. The highest BCUT2D eigenvalue weighted by Crippen LogP contribution is 2.24. The van der Waals surface area contributed by atoms with E-state index in [9.17, 15) is 9.59 Å². The summed E-state index contributed by atoms with van der Waals surface area (Å²) in [6.07, 6.45) is 0. The van der Waals surface area contributed by atoms with Crippen LogP contribution in [-0.2, 0) is 4.79 Å². The van der Waals surface area contributed by atoms with E-state index in [1.54, 1.807) is 4.90 Å². The van der Waals surface area contributed by atoms with Crippen molar-refractivity contribution in [2.75, 3.05) is 18.8 Å². The summed E-state index contributed by atoms with van der Waals surface area (Å²) >= 11 is 1.39. The molecule has 0 spiro atoms. The Morgan fingerprint density at radius 3 is 2.52 bits per heavy atom. The van der Waals surface area contributed by atoms with Gasteiger partial charge in [0.05, 0.1) is 11.3 Å². The highest BCUT2D eigenvalue weighted by atomic mass is 32.2. The van der Waals surface area contributed by atoms with Crippen LogP contribution in [0.3, 0.4) is 0 Å². The number of hydrogen-bond donors (Lipinski definition) is 1. The summed E-state index contributed by atoms with van der Waals surface area (Å²) in [5, 5.41) is 2.86. The normalized spacial score (nSPS) is 10.5.